The minimum Gasteiger partial charge on any atom is -0.478 e. The number of carboxylic acid groups (broad SMARTS) is 1. The fourth-order valence-electron chi connectivity index (χ4n) is 4.92. The van der Waals surface area contributed by atoms with E-state index in [1.54, 1.807) is 17.4 Å². The summed E-state index contributed by atoms with van der Waals surface area (Å²) in [6.45, 7) is 6.02. The van der Waals surface area contributed by atoms with Gasteiger partial charge in [-0.15, -0.1) is 11.3 Å². The van der Waals surface area contributed by atoms with Gasteiger partial charge in [0.2, 0.25) is 0 Å². The standard InChI is InChI=1S/C27H27N3O4S/c1-15-8-10-18(11-9-15)14-29-24(31)21(28-27(29)34)13-19-12-16(2)30(17(19)3)25-23(26(32)33)20-6-4-5-7-22(20)35-25/h8-13H,4-7,14H2,1-3H3,(H,28,34)(H,32,33). The summed E-state index contributed by atoms with van der Waals surface area (Å²) in [5, 5.41) is 13.4. The number of aromatic nitrogens is 1. The maximum atomic E-state index is 13.0. The van der Waals surface area contributed by atoms with Crippen LogP contribution in [0.25, 0.3) is 11.1 Å². The van der Waals surface area contributed by atoms with Gasteiger partial charge in [0.15, 0.2) is 0 Å². The number of urea groups is 1. The van der Waals surface area contributed by atoms with Crippen LogP contribution in [0.2, 0.25) is 0 Å². The first kappa shape index (κ1) is 23.1. The normalized spacial score (nSPS) is 16.7. The number of benzene rings is 1. The molecular formula is C27H27N3O4S. The number of thiophene rings is 1. The highest BCUT2D eigenvalue weighted by atomic mass is 32.1. The molecule has 8 heteroatoms. The molecule has 1 aliphatic heterocycles. The fraction of sp³-hybridized carbons (Fsp3) is 0.296. The quantitative estimate of drug-likeness (QED) is 0.384. The van der Waals surface area contributed by atoms with E-state index in [0.717, 1.165) is 64.2 Å². The Bertz CT molecular complexity index is 1390. The zero-order chi connectivity index (χ0) is 24.9. The highest BCUT2D eigenvalue weighted by Crippen LogP contribution is 2.39. The number of hydrogen-bond donors (Lipinski definition) is 2. The number of rotatable bonds is 5. The summed E-state index contributed by atoms with van der Waals surface area (Å²) in [7, 11) is 0. The molecule has 5 rings (SSSR count). The molecule has 35 heavy (non-hydrogen) atoms. The molecule has 0 radical (unpaired) electrons. The van der Waals surface area contributed by atoms with Crippen LogP contribution in [-0.4, -0.2) is 32.5 Å². The minimum atomic E-state index is -0.906. The van der Waals surface area contributed by atoms with Crippen LogP contribution in [0.3, 0.4) is 0 Å². The molecule has 0 spiro atoms. The first-order valence-corrected chi connectivity index (χ1v) is 12.5. The van der Waals surface area contributed by atoms with Crippen LogP contribution in [-0.2, 0) is 24.2 Å². The van der Waals surface area contributed by atoms with Crippen molar-refractivity contribution >= 4 is 35.3 Å². The maximum absolute atomic E-state index is 13.0. The second-order valence-corrected chi connectivity index (χ2v) is 10.3. The Kier molecular flexibility index (Phi) is 5.84. The number of aryl methyl sites for hydroxylation is 3. The maximum Gasteiger partial charge on any atom is 0.339 e. The zero-order valence-corrected chi connectivity index (χ0v) is 20.8. The number of carbonyl (C=O) groups excluding carboxylic acids is 2. The molecule has 2 aromatic heterocycles. The predicted octanol–water partition coefficient (Wildman–Crippen LogP) is 5.13. The number of fused-ring (bicyclic) bond motifs is 1. The highest BCUT2D eigenvalue weighted by Gasteiger charge is 2.34. The molecule has 2 N–H and O–H groups in total. The van der Waals surface area contributed by atoms with Gasteiger partial charge in [-0.05, 0) is 75.3 Å². The average molecular weight is 490 g/mol. The fourth-order valence-corrected chi connectivity index (χ4v) is 6.41. The van der Waals surface area contributed by atoms with Crippen molar-refractivity contribution in [3.8, 4) is 5.00 Å². The van der Waals surface area contributed by atoms with Crippen LogP contribution in [0, 0.1) is 20.8 Å². The topological polar surface area (TPSA) is 91.6 Å². The van der Waals surface area contributed by atoms with E-state index in [-0.39, 0.29) is 18.1 Å². The Balaban J connectivity index is 1.48. The number of nitrogens with one attached hydrogen (secondary N) is 1. The van der Waals surface area contributed by atoms with Crippen molar-refractivity contribution in [3.63, 3.8) is 0 Å². The molecule has 1 fully saturated rings. The van der Waals surface area contributed by atoms with Crippen molar-refractivity contribution in [2.45, 2.75) is 53.0 Å². The van der Waals surface area contributed by atoms with Gasteiger partial charge >= 0.3 is 12.0 Å². The second-order valence-electron chi connectivity index (χ2n) is 9.22. The second kappa shape index (κ2) is 8.85. The summed E-state index contributed by atoms with van der Waals surface area (Å²) >= 11 is 1.55. The number of amides is 3. The van der Waals surface area contributed by atoms with E-state index in [0.29, 0.717) is 10.6 Å². The molecule has 0 saturated carbocycles. The number of carboxylic acids is 1. The third kappa shape index (κ3) is 4.08. The van der Waals surface area contributed by atoms with Crippen LogP contribution in [0.1, 0.15) is 61.7 Å². The number of aromatic carboxylic acids is 1. The lowest BCUT2D eigenvalue weighted by Crippen LogP contribution is -2.30. The lowest BCUT2D eigenvalue weighted by atomic mass is 9.95. The van der Waals surface area contributed by atoms with Gasteiger partial charge in [0.1, 0.15) is 10.7 Å². The molecule has 3 aromatic rings. The largest absolute Gasteiger partial charge is 0.478 e. The summed E-state index contributed by atoms with van der Waals surface area (Å²) in [5.74, 6) is -1.28. The van der Waals surface area contributed by atoms with E-state index in [1.165, 1.54) is 4.90 Å². The van der Waals surface area contributed by atoms with E-state index >= 15 is 0 Å². The van der Waals surface area contributed by atoms with E-state index in [1.807, 2.05) is 55.7 Å². The van der Waals surface area contributed by atoms with Gasteiger partial charge in [-0.25, -0.2) is 9.59 Å². The van der Waals surface area contributed by atoms with Crippen molar-refractivity contribution < 1.29 is 19.5 Å². The van der Waals surface area contributed by atoms with Crippen LogP contribution in [0.4, 0.5) is 4.79 Å². The van der Waals surface area contributed by atoms with Crippen LogP contribution >= 0.6 is 11.3 Å². The summed E-state index contributed by atoms with van der Waals surface area (Å²) in [6, 6.07) is 9.20. The molecular weight excluding hydrogens is 462 g/mol. The van der Waals surface area contributed by atoms with Gasteiger partial charge in [0.05, 0.1) is 12.1 Å². The summed E-state index contributed by atoms with van der Waals surface area (Å²) < 4.78 is 1.96. The molecule has 1 aliphatic carbocycles. The third-order valence-electron chi connectivity index (χ3n) is 6.76. The molecule has 3 heterocycles. The van der Waals surface area contributed by atoms with Gasteiger partial charge in [-0.1, -0.05) is 29.8 Å². The zero-order valence-electron chi connectivity index (χ0n) is 20.0. The Morgan fingerprint density at radius 2 is 1.83 bits per heavy atom. The highest BCUT2D eigenvalue weighted by molar-refractivity contribution is 7.15. The van der Waals surface area contributed by atoms with Crippen LogP contribution in [0.15, 0.2) is 36.0 Å². The van der Waals surface area contributed by atoms with Crippen molar-refractivity contribution in [3.05, 3.63) is 80.1 Å². The summed E-state index contributed by atoms with van der Waals surface area (Å²) in [5.41, 5.74) is 6.03. The first-order valence-electron chi connectivity index (χ1n) is 11.7. The molecule has 7 nitrogen and oxygen atoms in total. The van der Waals surface area contributed by atoms with Gasteiger partial charge in [-0.2, -0.15) is 0 Å². The molecule has 3 amide bonds. The number of hydrogen-bond acceptors (Lipinski definition) is 4. The van der Waals surface area contributed by atoms with E-state index in [4.69, 9.17) is 0 Å². The average Bonchev–Trinajstić information content (AvgIpc) is 3.42. The lowest BCUT2D eigenvalue weighted by Gasteiger charge is -2.12. The SMILES string of the molecule is Cc1ccc(CN2C(=O)NC(=Cc3cc(C)n(-c4sc5c(c4C(=O)O)CCCC5)c3C)C2=O)cc1. The predicted molar refractivity (Wildman–Crippen MR) is 135 cm³/mol. The minimum absolute atomic E-state index is 0.198. The molecule has 1 aromatic carbocycles. The Morgan fingerprint density at radius 1 is 1.11 bits per heavy atom. The Morgan fingerprint density at radius 3 is 2.54 bits per heavy atom. The molecule has 0 unspecified atom stereocenters. The summed E-state index contributed by atoms with van der Waals surface area (Å²) in [6.07, 6.45) is 5.47. The van der Waals surface area contributed by atoms with E-state index in [9.17, 15) is 19.5 Å². The van der Waals surface area contributed by atoms with Gasteiger partial charge < -0.3 is 15.0 Å². The van der Waals surface area contributed by atoms with E-state index in [2.05, 4.69) is 5.32 Å². The molecule has 0 atom stereocenters. The van der Waals surface area contributed by atoms with E-state index < -0.39 is 12.0 Å². The van der Waals surface area contributed by atoms with Crippen molar-refractivity contribution in [2.24, 2.45) is 0 Å². The first-order chi connectivity index (χ1) is 16.7. The molecule has 0 bridgehead atoms. The van der Waals surface area contributed by atoms with Crippen molar-refractivity contribution in [1.29, 1.82) is 0 Å². The van der Waals surface area contributed by atoms with Gasteiger partial charge in [0.25, 0.3) is 5.91 Å². The summed E-state index contributed by atoms with van der Waals surface area (Å²) in [4.78, 5) is 40.1. The van der Waals surface area contributed by atoms with Crippen LogP contribution in [0.5, 0.6) is 0 Å². The van der Waals surface area contributed by atoms with Gasteiger partial charge in [-0.3, -0.25) is 9.69 Å². The Hall–Kier alpha value is -3.65. The number of carbonyl (C=O) groups is 3. The smallest absolute Gasteiger partial charge is 0.339 e. The third-order valence-corrected chi connectivity index (χ3v) is 8.04. The number of nitrogens with zero attached hydrogens (tertiary/aromatic N) is 2. The van der Waals surface area contributed by atoms with Gasteiger partial charge in [0, 0.05) is 16.3 Å². The monoisotopic (exact) mass is 489 g/mol. The molecule has 180 valence electrons. The van der Waals surface area contributed by atoms with Crippen LogP contribution < -0.4 is 5.32 Å². The number of imide groups is 1. The van der Waals surface area contributed by atoms with Crippen molar-refractivity contribution in [1.82, 2.24) is 14.8 Å². The molecule has 2 aliphatic rings. The van der Waals surface area contributed by atoms with Crippen molar-refractivity contribution in [2.75, 3.05) is 0 Å². The molecule has 1 saturated heterocycles. The lowest BCUT2D eigenvalue weighted by molar-refractivity contribution is -0.123. The Labute approximate surface area is 207 Å².